The van der Waals surface area contributed by atoms with Crippen LogP contribution in [0.15, 0.2) is 12.1 Å². The molecule has 0 bridgehead atoms. The van der Waals surface area contributed by atoms with Gasteiger partial charge in [0.2, 0.25) is 5.82 Å². The van der Waals surface area contributed by atoms with Crippen molar-refractivity contribution in [1.29, 1.82) is 0 Å². The highest BCUT2D eigenvalue weighted by molar-refractivity contribution is 5.95. The zero-order valence-electron chi connectivity index (χ0n) is 10.0. The minimum Gasteiger partial charge on any atom is -0.393 e. The first-order valence-electron chi connectivity index (χ1n) is 5.43. The minimum absolute atomic E-state index is 0.00191. The lowest BCUT2D eigenvalue weighted by molar-refractivity contribution is -0.387. The van der Waals surface area contributed by atoms with Crippen molar-refractivity contribution in [2.45, 2.75) is 19.4 Å². The number of rotatable bonds is 5. The smallest absolute Gasteiger partial charge is 0.305 e. The number of nitrogens with zero attached hydrogens (tertiary/aromatic N) is 1. The van der Waals surface area contributed by atoms with Crippen LogP contribution in [0.25, 0.3) is 0 Å². The van der Waals surface area contributed by atoms with Crippen LogP contribution in [0.4, 0.5) is 14.5 Å². The topological polar surface area (TPSA) is 92.5 Å². The minimum atomic E-state index is -1.51. The van der Waals surface area contributed by atoms with E-state index < -0.39 is 39.8 Å². The number of carbonyl (C=O) groups is 1. The van der Waals surface area contributed by atoms with Crippen molar-refractivity contribution in [2.24, 2.45) is 0 Å². The van der Waals surface area contributed by atoms with Crippen molar-refractivity contribution < 1.29 is 23.6 Å². The molecule has 1 atom stereocenters. The summed E-state index contributed by atoms with van der Waals surface area (Å²) < 4.78 is 27.0. The lowest BCUT2D eigenvalue weighted by Gasteiger charge is -2.08. The number of nitro groups is 1. The SMILES string of the molecule is CC(O)CCNC(=O)c1c(F)ccc([N+](=O)[O-])c1F. The Balaban J connectivity index is 2.96. The molecule has 0 fully saturated rings. The molecule has 1 rings (SSSR count). The predicted octanol–water partition coefficient (Wildman–Crippen LogP) is 1.37. The number of hydrogen-bond donors (Lipinski definition) is 2. The van der Waals surface area contributed by atoms with Gasteiger partial charge < -0.3 is 10.4 Å². The summed E-state index contributed by atoms with van der Waals surface area (Å²) in [7, 11) is 0. The second kappa shape index (κ2) is 6.19. The Hall–Kier alpha value is -2.09. The van der Waals surface area contributed by atoms with Gasteiger partial charge in [0.25, 0.3) is 5.91 Å². The molecular formula is C11H12F2N2O4. The molecule has 0 saturated carbocycles. The monoisotopic (exact) mass is 274 g/mol. The maximum atomic E-state index is 13.6. The number of hydrogen-bond acceptors (Lipinski definition) is 4. The van der Waals surface area contributed by atoms with E-state index in [1.807, 2.05) is 0 Å². The van der Waals surface area contributed by atoms with Gasteiger partial charge in [-0.3, -0.25) is 14.9 Å². The van der Waals surface area contributed by atoms with Gasteiger partial charge in [-0.25, -0.2) is 4.39 Å². The zero-order chi connectivity index (χ0) is 14.6. The molecule has 8 heteroatoms. The summed E-state index contributed by atoms with van der Waals surface area (Å²) in [4.78, 5) is 21.0. The summed E-state index contributed by atoms with van der Waals surface area (Å²) in [6.45, 7) is 1.48. The van der Waals surface area contributed by atoms with E-state index in [1.165, 1.54) is 6.92 Å². The van der Waals surface area contributed by atoms with Gasteiger partial charge in [-0.1, -0.05) is 0 Å². The standard InChI is InChI=1S/C11H12F2N2O4/c1-6(16)4-5-14-11(17)9-7(12)2-3-8(10(9)13)15(18)19/h2-3,6,16H,4-5H2,1H3,(H,14,17). The van der Waals surface area contributed by atoms with Gasteiger partial charge in [0.15, 0.2) is 0 Å². The molecule has 0 spiro atoms. The average Bonchev–Trinajstić information content (AvgIpc) is 2.27. The Labute approximate surface area is 107 Å². The van der Waals surface area contributed by atoms with E-state index in [0.717, 1.165) is 0 Å². The highest BCUT2D eigenvalue weighted by Crippen LogP contribution is 2.22. The molecule has 1 unspecified atom stereocenters. The fourth-order valence-electron chi connectivity index (χ4n) is 1.37. The zero-order valence-corrected chi connectivity index (χ0v) is 10.0. The molecule has 0 aliphatic carbocycles. The molecule has 6 nitrogen and oxygen atoms in total. The van der Waals surface area contributed by atoms with E-state index in [4.69, 9.17) is 5.11 Å². The number of halogens is 2. The highest BCUT2D eigenvalue weighted by atomic mass is 19.1. The fourth-order valence-corrected chi connectivity index (χ4v) is 1.37. The van der Waals surface area contributed by atoms with Crippen LogP contribution in [0.1, 0.15) is 23.7 Å². The van der Waals surface area contributed by atoms with Crippen molar-refractivity contribution in [3.05, 3.63) is 39.4 Å². The molecule has 0 aliphatic rings. The third kappa shape index (κ3) is 3.68. The molecule has 1 aromatic rings. The normalized spacial score (nSPS) is 12.0. The van der Waals surface area contributed by atoms with Crippen molar-refractivity contribution in [2.75, 3.05) is 6.54 Å². The maximum absolute atomic E-state index is 13.6. The summed E-state index contributed by atoms with van der Waals surface area (Å²) in [5.41, 5.74) is -1.97. The van der Waals surface area contributed by atoms with Crippen LogP contribution in [0.3, 0.4) is 0 Å². The molecule has 19 heavy (non-hydrogen) atoms. The average molecular weight is 274 g/mol. The number of benzene rings is 1. The number of amides is 1. The Morgan fingerprint density at radius 3 is 2.68 bits per heavy atom. The Morgan fingerprint density at radius 1 is 1.53 bits per heavy atom. The van der Waals surface area contributed by atoms with E-state index in [-0.39, 0.29) is 13.0 Å². The third-order valence-electron chi connectivity index (χ3n) is 2.34. The van der Waals surface area contributed by atoms with Crippen molar-refractivity contribution in [3.8, 4) is 0 Å². The van der Waals surface area contributed by atoms with E-state index in [9.17, 15) is 23.7 Å². The van der Waals surface area contributed by atoms with Crippen molar-refractivity contribution >= 4 is 11.6 Å². The van der Waals surface area contributed by atoms with Crippen LogP contribution >= 0.6 is 0 Å². The second-order valence-corrected chi connectivity index (χ2v) is 3.91. The lowest BCUT2D eigenvalue weighted by Crippen LogP contribution is -2.28. The molecule has 0 radical (unpaired) electrons. The molecule has 0 aliphatic heterocycles. The molecule has 0 aromatic heterocycles. The highest BCUT2D eigenvalue weighted by Gasteiger charge is 2.25. The van der Waals surface area contributed by atoms with Crippen LogP contribution in [0.2, 0.25) is 0 Å². The summed E-state index contributed by atoms with van der Waals surface area (Å²) in [5.74, 6) is -3.79. The van der Waals surface area contributed by atoms with Crippen LogP contribution < -0.4 is 5.32 Å². The van der Waals surface area contributed by atoms with Gasteiger partial charge in [-0.05, 0) is 19.4 Å². The maximum Gasteiger partial charge on any atom is 0.305 e. The number of aliphatic hydroxyl groups excluding tert-OH is 1. The summed E-state index contributed by atoms with van der Waals surface area (Å²) in [6, 6.07) is 1.31. The predicted molar refractivity (Wildman–Crippen MR) is 61.6 cm³/mol. The lowest BCUT2D eigenvalue weighted by atomic mass is 10.1. The summed E-state index contributed by atoms with van der Waals surface area (Å²) >= 11 is 0. The number of nitro benzene ring substituents is 1. The Kier molecular flexibility index (Phi) is 4.87. The van der Waals surface area contributed by atoms with Gasteiger partial charge in [0, 0.05) is 12.6 Å². The van der Waals surface area contributed by atoms with Crippen molar-refractivity contribution in [1.82, 2.24) is 5.32 Å². The largest absolute Gasteiger partial charge is 0.393 e. The van der Waals surface area contributed by atoms with Crippen molar-refractivity contribution in [3.63, 3.8) is 0 Å². The Morgan fingerprint density at radius 2 is 2.16 bits per heavy atom. The fraction of sp³-hybridized carbons (Fsp3) is 0.364. The molecule has 2 N–H and O–H groups in total. The van der Waals surface area contributed by atoms with Crippen LogP contribution in [0.5, 0.6) is 0 Å². The first-order chi connectivity index (χ1) is 8.84. The quantitative estimate of drug-likeness (QED) is 0.626. The summed E-state index contributed by atoms with van der Waals surface area (Å²) in [6.07, 6.45) is -0.482. The molecule has 0 saturated heterocycles. The number of carbonyl (C=O) groups excluding carboxylic acids is 1. The Bertz CT molecular complexity index is 506. The number of aliphatic hydroxyl groups is 1. The molecule has 1 amide bonds. The van der Waals surface area contributed by atoms with E-state index in [0.29, 0.717) is 12.1 Å². The van der Waals surface area contributed by atoms with E-state index in [1.54, 1.807) is 0 Å². The molecule has 0 heterocycles. The van der Waals surface area contributed by atoms with E-state index >= 15 is 0 Å². The van der Waals surface area contributed by atoms with Crippen LogP contribution in [-0.4, -0.2) is 28.6 Å². The molecule has 104 valence electrons. The summed E-state index contributed by atoms with van der Waals surface area (Å²) in [5, 5.41) is 21.6. The third-order valence-corrected chi connectivity index (χ3v) is 2.34. The van der Waals surface area contributed by atoms with Crippen LogP contribution in [0, 0.1) is 21.7 Å². The van der Waals surface area contributed by atoms with Gasteiger partial charge in [-0.15, -0.1) is 0 Å². The first kappa shape index (κ1) is 15.0. The molecular weight excluding hydrogens is 262 g/mol. The van der Waals surface area contributed by atoms with Crippen LogP contribution in [-0.2, 0) is 0 Å². The van der Waals surface area contributed by atoms with Gasteiger partial charge in [-0.2, -0.15) is 4.39 Å². The van der Waals surface area contributed by atoms with Gasteiger partial charge in [0.1, 0.15) is 11.4 Å². The second-order valence-electron chi connectivity index (χ2n) is 3.91. The molecule has 1 aromatic carbocycles. The number of nitrogens with one attached hydrogen (secondary N) is 1. The van der Waals surface area contributed by atoms with E-state index in [2.05, 4.69) is 5.32 Å². The first-order valence-corrected chi connectivity index (χ1v) is 5.43. The van der Waals surface area contributed by atoms with Gasteiger partial charge in [0.05, 0.1) is 11.0 Å². The van der Waals surface area contributed by atoms with Gasteiger partial charge >= 0.3 is 5.69 Å².